The van der Waals surface area contributed by atoms with Gasteiger partial charge in [-0.1, -0.05) is 32.6 Å². The minimum atomic E-state index is -0.438. The average molecular weight is 185 g/mol. The molecule has 1 fully saturated rings. The van der Waals surface area contributed by atoms with Gasteiger partial charge >= 0.3 is 0 Å². The summed E-state index contributed by atoms with van der Waals surface area (Å²) in [6.07, 6.45) is 6.91. The minimum absolute atomic E-state index is 0.246. The zero-order valence-electron chi connectivity index (χ0n) is 8.97. The molecule has 0 saturated heterocycles. The van der Waals surface area contributed by atoms with Crippen LogP contribution in [-0.4, -0.2) is 23.3 Å². The maximum absolute atomic E-state index is 10.4. The fourth-order valence-electron chi connectivity index (χ4n) is 2.27. The molecular weight excluding hydrogens is 162 g/mol. The van der Waals surface area contributed by atoms with Crippen molar-refractivity contribution in [1.29, 1.82) is 0 Å². The number of likely N-dealkylation sites (N-methyl/N-ethyl adjacent to an activating group) is 1. The van der Waals surface area contributed by atoms with E-state index in [0.717, 1.165) is 19.4 Å². The second-order valence-corrected chi connectivity index (χ2v) is 4.30. The number of rotatable bonds is 3. The molecule has 0 aromatic rings. The van der Waals surface area contributed by atoms with Crippen molar-refractivity contribution in [1.82, 2.24) is 5.32 Å². The van der Waals surface area contributed by atoms with Crippen LogP contribution >= 0.6 is 0 Å². The van der Waals surface area contributed by atoms with Crippen molar-refractivity contribution >= 4 is 0 Å². The number of aliphatic hydroxyl groups is 1. The van der Waals surface area contributed by atoms with Crippen LogP contribution in [0.25, 0.3) is 0 Å². The van der Waals surface area contributed by atoms with Gasteiger partial charge in [-0.25, -0.2) is 0 Å². The van der Waals surface area contributed by atoms with Crippen molar-refractivity contribution in [2.45, 2.75) is 64.0 Å². The van der Waals surface area contributed by atoms with E-state index < -0.39 is 5.60 Å². The first-order chi connectivity index (χ1) is 6.19. The van der Waals surface area contributed by atoms with Gasteiger partial charge in [0.2, 0.25) is 0 Å². The van der Waals surface area contributed by atoms with Crippen molar-refractivity contribution in [3.8, 4) is 0 Å². The highest BCUT2D eigenvalue weighted by Crippen LogP contribution is 2.29. The monoisotopic (exact) mass is 185 g/mol. The minimum Gasteiger partial charge on any atom is -0.388 e. The summed E-state index contributed by atoms with van der Waals surface area (Å²) >= 11 is 0. The van der Waals surface area contributed by atoms with E-state index in [1.54, 1.807) is 0 Å². The summed E-state index contributed by atoms with van der Waals surface area (Å²) in [4.78, 5) is 0. The van der Waals surface area contributed by atoms with E-state index in [9.17, 15) is 5.11 Å². The first kappa shape index (κ1) is 11.0. The Balaban J connectivity index is 2.49. The van der Waals surface area contributed by atoms with Gasteiger partial charge in [-0.05, 0) is 26.3 Å². The molecule has 78 valence electrons. The predicted molar refractivity (Wildman–Crippen MR) is 55.8 cm³/mol. The summed E-state index contributed by atoms with van der Waals surface area (Å²) in [6, 6.07) is 0.246. The first-order valence-electron chi connectivity index (χ1n) is 5.65. The van der Waals surface area contributed by atoms with Crippen LogP contribution in [0.3, 0.4) is 0 Å². The molecule has 1 atom stereocenters. The third kappa shape index (κ3) is 2.96. The molecular formula is C11H23NO. The molecule has 0 heterocycles. The standard InChI is InChI=1S/C11H23NO/c1-3-12-10(2)11(13)8-6-4-5-7-9-11/h10,12-13H,3-9H2,1-2H3. The molecule has 2 N–H and O–H groups in total. The van der Waals surface area contributed by atoms with E-state index in [2.05, 4.69) is 19.2 Å². The van der Waals surface area contributed by atoms with Gasteiger partial charge in [-0.15, -0.1) is 0 Å². The van der Waals surface area contributed by atoms with E-state index in [0.29, 0.717) is 0 Å². The lowest BCUT2D eigenvalue weighted by molar-refractivity contribution is -0.00616. The van der Waals surface area contributed by atoms with Crippen LogP contribution in [0.2, 0.25) is 0 Å². The van der Waals surface area contributed by atoms with Gasteiger partial charge in [0.25, 0.3) is 0 Å². The Morgan fingerprint density at radius 3 is 2.23 bits per heavy atom. The molecule has 0 radical (unpaired) electrons. The fraction of sp³-hybridized carbons (Fsp3) is 1.00. The number of hydrogen-bond acceptors (Lipinski definition) is 2. The van der Waals surface area contributed by atoms with Crippen molar-refractivity contribution in [2.75, 3.05) is 6.54 Å². The van der Waals surface area contributed by atoms with Crippen molar-refractivity contribution in [2.24, 2.45) is 0 Å². The third-order valence-corrected chi connectivity index (χ3v) is 3.29. The molecule has 0 amide bonds. The molecule has 0 aromatic heterocycles. The van der Waals surface area contributed by atoms with E-state index in [1.807, 2.05) is 0 Å². The lowest BCUT2D eigenvalue weighted by Gasteiger charge is -2.33. The van der Waals surface area contributed by atoms with E-state index in [4.69, 9.17) is 0 Å². The van der Waals surface area contributed by atoms with Crippen LogP contribution in [0.4, 0.5) is 0 Å². The predicted octanol–water partition coefficient (Wildman–Crippen LogP) is 2.07. The van der Waals surface area contributed by atoms with Gasteiger partial charge in [-0.2, -0.15) is 0 Å². The van der Waals surface area contributed by atoms with Crippen LogP contribution in [0.15, 0.2) is 0 Å². The molecule has 13 heavy (non-hydrogen) atoms. The van der Waals surface area contributed by atoms with E-state index >= 15 is 0 Å². The van der Waals surface area contributed by atoms with E-state index in [-0.39, 0.29) is 6.04 Å². The second kappa shape index (κ2) is 4.97. The van der Waals surface area contributed by atoms with Gasteiger partial charge in [0, 0.05) is 6.04 Å². The van der Waals surface area contributed by atoms with Crippen LogP contribution in [0.1, 0.15) is 52.4 Å². The van der Waals surface area contributed by atoms with E-state index in [1.165, 1.54) is 25.7 Å². The van der Waals surface area contributed by atoms with Crippen LogP contribution < -0.4 is 5.32 Å². The second-order valence-electron chi connectivity index (χ2n) is 4.30. The van der Waals surface area contributed by atoms with Gasteiger partial charge in [0.05, 0.1) is 5.60 Å². The van der Waals surface area contributed by atoms with Crippen molar-refractivity contribution < 1.29 is 5.11 Å². The van der Waals surface area contributed by atoms with Gasteiger partial charge in [-0.3, -0.25) is 0 Å². The Hall–Kier alpha value is -0.0800. The fourth-order valence-corrected chi connectivity index (χ4v) is 2.27. The highest BCUT2D eigenvalue weighted by atomic mass is 16.3. The Kier molecular flexibility index (Phi) is 4.20. The Bertz CT molecular complexity index is 139. The number of nitrogens with one attached hydrogen (secondary N) is 1. The maximum atomic E-state index is 10.4. The zero-order chi connectivity index (χ0) is 9.73. The molecule has 1 rings (SSSR count). The SMILES string of the molecule is CCNC(C)C1(O)CCCCCC1. The Labute approximate surface area is 81.7 Å². The van der Waals surface area contributed by atoms with Crippen molar-refractivity contribution in [3.05, 3.63) is 0 Å². The summed E-state index contributed by atoms with van der Waals surface area (Å²) in [6.45, 7) is 5.15. The third-order valence-electron chi connectivity index (χ3n) is 3.29. The Morgan fingerprint density at radius 2 is 1.77 bits per heavy atom. The zero-order valence-corrected chi connectivity index (χ0v) is 8.97. The topological polar surface area (TPSA) is 32.3 Å². The number of hydrogen-bond donors (Lipinski definition) is 2. The molecule has 0 bridgehead atoms. The molecule has 2 nitrogen and oxygen atoms in total. The summed E-state index contributed by atoms with van der Waals surface area (Å²) < 4.78 is 0. The average Bonchev–Trinajstić information content (AvgIpc) is 2.32. The van der Waals surface area contributed by atoms with Crippen LogP contribution in [0.5, 0.6) is 0 Å². The summed E-state index contributed by atoms with van der Waals surface area (Å²) in [5.41, 5.74) is -0.438. The first-order valence-corrected chi connectivity index (χ1v) is 5.65. The largest absolute Gasteiger partial charge is 0.388 e. The summed E-state index contributed by atoms with van der Waals surface area (Å²) in [5, 5.41) is 13.7. The highest BCUT2D eigenvalue weighted by molar-refractivity contribution is 4.89. The van der Waals surface area contributed by atoms with Gasteiger partial charge in [0.15, 0.2) is 0 Å². The summed E-state index contributed by atoms with van der Waals surface area (Å²) in [5.74, 6) is 0. The molecule has 0 spiro atoms. The molecule has 1 saturated carbocycles. The maximum Gasteiger partial charge on any atom is 0.0797 e. The molecule has 1 aliphatic rings. The van der Waals surface area contributed by atoms with Gasteiger partial charge in [0.1, 0.15) is 0 Å². The van der Waals surface area contributed by atoms with Crippen molar-refractivity contribution in [3.63, 3.8) is 0 Å². The lowest BCUT2D eigenvalue weighted by atomic mass is 9.87. The molecule has 2 heteroatoms. The van der Waals surface area contributed by atoms with Gasteiger partial charge < -0.3 is 10.4 Å². The lowest BCUT2D eigenvalue weighted by Crippen LogP contribution is -2.48. The smallest absolute Gasteiger partial charge is 0.0797 e. The highest BCUT2D eigenvalue weighted by Gasteiger charge is 2.33. The summed E-state index contributed by atoms with van der Waals surface area (Å²) in [7, 11) is 0. The molecule has 1 unspecified atom stereocenters. The van der Waals surface area contributed by atoms with Crippen LogP contribution in [-0.2, 0) is 0 Å². The quantitative estimate of drug-likeness (QED) is 0.660. The normalized spacial score (nSPS) is 25.2. The Morgan fingerprint density at radius 1 is 1.23 bits per heavy atom. The molecule has 1 aliphatic carbocycles. The molecule has 0 aliphatic heterocycles. The van der Waals surface area contributed by atoms with Crippen LogP contribution in [0, 0.1) is 0 Å². The molecule has 0 aromatic carbocycles.